The van der Waals surface area contributed by atoms with E-state index in [2.05, 4.69) is 58.9 Å². The SMILES string of the molecule is C[Si](C)(C)O[Si](C)(C)O[Si](C)(C)O[Si](C)(C)c1ccc(B(O)O)s1. The molecule has 0 aromatic carbocycles. The van der Waals surface area contributed by atoms with Gasteiger partial charge in [0.15, 0.2) is 8.32 Å². The fourth-order valence-electron chi connectivity index (χ4n) is 2.85. The van der Waals surface area contributed by atoms with E-state index in [4.69, 9.17) is 12.3 Å². The molecule has 1 heterocycles. The van der Waals surface area contributed by atoms with Gasteiger partial charge in [-0.15, -0.1) is 0 Å². The van der Waals surface area contributed by atoms with Crippen LogP contribution in [0.5, 0.6) is 0 Å². The van der Waals surface area contributed by atoms with Gasteiger partial charge < -0.3 is 22.4 Å². The fraction of sp³-hybridized carbons (Fsp3) is 0.692. The summed E-state index contributed by atoms with van der Waals surface area (Å²) in [7, 11) is -9.89. The topological polar surface area (TPSA) is 68.2 Å². The van der Waals surface area contributed by atoms with E-state index in [0.717, 1.165) is 4.50 Å². The third-order valence-electron chi connectivity index (χ3n) is 3.02. The Labute approximate surface area is 154 Å². The van der Waals surface area contributed by atoms with E-state index >= 15 is 0 Å². The highest BCUT2D eigenvalue weighted by Crippen LogP contribution is 2.24. The molecule has 0 radical (unpaired) electrons. The molecule has 138 valence electrons. The summed E-state index contributed by atoms with van der Waals surface area (Å²) in [6.07, 6.45) is 0. The lowest BCUT2D eigenvalue weighted by atomic mass is 9.90. The summed E-state index contributed by atoms with van der Waals surface area (Å²) in [5, 5.41) is 18.6. The second-order valence-corrected chi connectivity index (χ2v) is 25.6. The van der Waals surface area contributed by atoms with Crippen LogP contribution in [0, 0.1) is 0 Å². The second-order valence-electron chi connectivity index (χ2n) is 8.30. The summed E-state index contributed by atoms with van der Waals surface area (Å²) in [6.45, 7) is 19.1. The first kappa shape index (κ1) is 22.5. The van der Waals surface area contributed by atoms with E-state index in [-0.39, 0.29) is 0 Å². The van der Waals surface area contributed by atoms with E-state index in [9.17, 15) is 10.0 Å². The van der Waals surface area contributed by atoms with Crippen LogP contribution in [0.15, 0.2) is 12.1 Å². The van der Waals surface area contributed by atoms with Crippen LogP contribution in [0.2, 0.25) is 58.9 Å². The minimum absolute atomic E-state index is 0.548. The zero-order valence-corrected chi connectivity index (χ0v) is 21.1. The van der Waals surface area contributed by atoms with Crippen molar-refractivity contribution in [1.29, 1.82) is 0 Å². The van der Waals surface area contributed by atoms with Crippen LogP contribution in [-0.4, -0.2) is 50.9 Å². The Hall–Kier alpha value is 0.432. The standard InChI is InChI=1S/C13H31BO5SSi4/c1-21(2,3)17-23(6,7)19-24(8,9)18-22(4,5)13-11-10-12(20-13)14(15)16/h10-11,15-16H,1-9H3. The summed E-state index contributed by atoms with van der Waals surface area (Å²) < 4.78 is 20.9. The molecule has 0 aliphatic rings. The van der Waals surface area contributed by atoms with Gasteiger partial charge in [-0.2, -0.15) is 11.3 Å². The van der Waals surface area contributed by atoms with E-state index in [0.29, 0.717) is 4.78 Å². The average Bonchev–Trinajstić information content (AvgIpc) is 2.70. The van der Waals surface area contributed by atoms with E-state index in [1.54, 1.807) is 6.07 Å². The zero-order valence-electron chi connectivity index (χ0n) is 16.3. The summed E-state index contributed by atoms with van der Waals surface area (Å²) in [5.41, 5.74) is 0. The van der Waals surface area contributed by atoms with E-state index in [1.165, 1.54) is 11.3 Å². The maximum Gasteiger partial charge on any atom is 0.499 e. The smallest absolute Gasteiger partial charge is 0.437 e. The molecule has 1 aromatic heterocycles. The molecule has 1 rings (SSSR count). The van der Waals surface area contributed by atoms with Crippen LogP contribution in [0.3, 0.4) is 0 Å². The number of rotatable bonds is 8. The molecule has 1 aromatic rings. The highest BCUT2D eigenvalue weighted by Gasteiger charge is 2.43. The average molecular weight is 423 g/mol. The number of hydrogen-bond acceptors (Lipinski definition) is 6. The molecule has 24 heavy (non-hydrogen) atoms. The molecule has 0 bridgehead atoms. The van der Waals surface area contributed by atoms with Gasteiger partial charge in [0.1, 0.15) is 0 Å². The second kappa shape index (κ2) is 7.58. The van der Waals surface area contributed by atoms with Crippen LogP contribution >= 0.6 is 11.3 Å². The summed E-state index contributed by atoms with van der Waals surface area (Å²) in [4.78, 5) is 0. The maximum absolute atomic E-state index is 9.31. The van der Waals surface area contributed by atoms with Crippen LogP contribution < -0.4 is 9.28 Å². The fourth-order valence-corrected chi connectivity index (χ4v) is 22.7. The van der Waals surface area contributed by atoms with E-state index in [1.807, 2.05) is 6.07 Å². The van der Waals surface area contributed by atoms with Gasteiger partial charge in [-0.25, -0.2) is 0 Å². The van der Waals surface area contributed by atoms with Crippen molar-refractivity contribution in [2.45, 2.75) is 58.9 Å². The molecule has 0 aliphatic carbocycles. The molecule has 0 fully saturated rings. The largest absolute Gasteiger partial charge is 0.499 e. The third-order valence-corrected chi connectivity index (χ3v) is 19.4. The zero-order chi connectivity index (χ0) is 19.0. The van der Waals surface area contributed by atoms with Crippen molar-refractivity contribution >= 4 is 61.5 Å². The number of thiophene rings is 1. The van der Waals surface area contributed by atoms with Gasteiger partial charge in [-0.3, -0.25) is 0 Å². The molecular weight excluding hydrogens is 391 g/mol. The van der Waals surface area contributed by atoms with Crippen molar-refractivity contribution in [2.24, 2.45) is 0 Å². The van der Waals surface area contributed by atoms with Gasteiger partial charge in [0.05, 0.1) is 0 Å². The van der Waals surface area contributed by atoms with Gasteiger partial charge in [0.2, 0.25) is 8.32 Å². The van der Waals surface area contributed by atoms with Gasteiger partial charge in [0.25, 0.3) is 0 Å². The predicted octanol–water partition coefficient (Wildman–Crippen LogP) is 2.13. The Bertz CT molecular complexity index is 557. The Morgan fingerprint density at radius 1 is 0.792 bits per heavy atom. The maximum atomic E-state index is 9.31. The molecule has 0 unspecified atom stereocenters. The Kier molecular flexibility index (Phi) is 7.10. The molecule has 0 aliphatic heterocycles. The minimum atomic E-state index is -2.37. The molecule has 2 N–H and O–H groups in total. The highest BCUT2D eigenvalue weighted by atomic mass is 32.1. The van der Waals surface area contributed by atoms with E-state index < -0.39 is 40.9 Å². The lowest BCUT2D eigenvalue weighted by Crippen LogP contribution is -2.58. The predicted molar refractivity (Wildman–Crippen MR) is 113 cm³/mol. The first-order valence-corrected chi connectivity index (χ1v) is 20.9. The van der Waals surface area contributed by atoms with Crippen LogP contribution in [-0.2, 0) is 12.3 Å². The number of hydrogen-bond donors (Lipinski definition) is 2. The summed E-state index contributed by atoms with van der Waals surface area (Å²) in [6, 6.07) is 3.70. The van der Waals surface area contributed by atoms with Gasteiger partial charge in [-0.1, -0.05) is 12.1 Å². The minimum Gasteiger partial charge on any atom is -0.437 e. The van der Waals surface area contributed by atoms with Crippen LogP contribution in [0.4, 0.5) is 0 Å². The highest BCUT2D eigenvalue weighted by molar-refractivity contribution is 7.32. The Morgan fingerprint density at radius 2 is 1.29 bits per heavy atom. The molecular formula is C13H31BO5SSi4. The van der Waals surface area contributed by atoms with Crippen LogP contribution in [0.1, 0.15) is 0 Å². The summed E-state index contributed by atoms with van der Waals surface area (Å²) >= 11 is 1.41. The molecule has 0 amide bonds. The van der Waals surface area contributed by atoms with Crippen molar-refractivity contribution in [3.05, 3.63) is 12.1 Å². The quantitative estimate of drug-likeness (QED) is 0.628. The monoisotopic (exact) mass is 422 g/mol. The Morgan fingerprint density at radius 3 is 1.71 bits per heavy atom. The molecule has 5 nitrogen and oxygen atoms in total. The van der Waals surface area contributed by atoms with Crippen molar-refractivity contribution in [1.82, 2.24) is 0 Å². The lowest BCUT2D eigenvalue weighted by molar-refractivity contribution is 0.332. The molecule has 11 heteroatoms. The first-order valence-electron chi connectivity index (χ1n) is 8.10. The molecule has 0 atom stereocenters. The van der Waals surface area contributed by atoms with Crippen molar-refractivity contribution in [3.63, 3.8) is 0 Å². The Balaban J connectivity index is 2.87. The van der Waals surface area contributed by atoms with Gasteiger partial charge in [-0.05, 0) is 58.9 Å². The normalized spacial score (nSPS) is 14.1. The lowest BCUT2D eigenvalue weighted by Gasteiger charge is -2.40. The van der Waals surface area contributed by atoms with Crippen molar-refractivity contribution < 1.29 is 22.4 Å². The third kappa shape index (κ3) is 7.35. The summed E-state index contributed by atoms with van der Waals surface area (Å²) in [5.74, 6) is 0. The molecule has 0 spiro atoms. The van der Waals surface area contributed by atoms with Crippen molar-refractivity contribution in [3.8, 4) is 0 Å². The van der Waals surface area contributed by atoms with Crippen molar-refractivity contribution in [2.75, 3.05) is 0 Å². The van der Waals surface area contributed by atoms with Crippen LogP contribution in [0.25, 0.3) is 0 Å². The van der Waals surface area contributed by atoms with Gasteiger partial charge in [0, 0.05) is 9.28 Å². The first-order chi connectivity index (χ1) is 10.5. The molecule has 0 saturated heterocycles. The molecule has 0 saturated carbocycles. The van der Waals surface area contributed by atoms with Gasteiger partial charge >= 0.3 is 24.2 Å².